The summed E-state index contributed by atoms with van der Waals surface area (Å²) in [4.78, 5) is 11.1. The summed E-state index contributed by atoms with van der Waals surface area (Å²) in [5.41, 5.74) is -4.38. The molecule has 0 aromatic heterocycles. The molecule has 0 amide bonds. The zero-order chi connectivity index (χ0) is 15.3. The number of carbonyl (C=O) groups excluding carboxylic acids is 1. The molecular weight excluding hydrogens is 311 g/mol. The topological polar surface area (TPSA) is 50.1 Å². The van der Waals surface area contributed by atoms with E-state index in [1.54, 1.807) is 13.0 Å². The number of nitrogens with zero attached hydrogens (tertiary/aromatic N) is 1. The van der Waals surface area contributed by atoms with Crippen LogP contribution in [-0.4, -0.2) is 18.1 Å². The van der Waals surface area contributed by atoms with Crippen LogP contribution >= 0.6 is 24.4 Å². The van der Waals surface area contributed by atoms with Crippen LogP contribution in [0.1, 0.15) is 18.1 Å². The molecule has 3 nitrogen and oxygen atoms in total. The molecule has 8 heteroatoms. The van der Waals surface area contributed by atoms with Crippen molar-refractivity contribution in [3.63, 3.8) is 0 Å². The Morgan fingerprint density at radius 3 is 2.65 bits per heavy atom. The van der Waals surface area contributed by atoms with Crippen LogP contribution in [0.15, 0.2) is 21.9 Å². The van der Waals surface area contributed by atoms with Crippen LogP contribution in [0.4, 0.5) is 13.2 Å². The molecule has 0 aliphatic rings. The van der Waals surface area contributed by atoms with Gasteiger partial charge in [-0.1, -0.05) is 6.07 Å². The summed E-state index contributed by atoms with van der Waals surface area (Å²) in [5.74, 6) is -0.631. The van der Waals surface area contributed by atoms with Crippen molar-refractivity contribution in [2.24, 2.45) is 0 Å². The summed E-state index contributed by atoms with van der Waals surface area (Å²) in [6.07, 6.45) is -0.300. The summed E-state index contributed by atoms with van der Waals surface area (Å²) in [5, 5.41) is 8.82. The molecule has 0 spiro atoms. The van der Waals surface area contributed by atoms with Gasteiger partial charge in [-0.15, -0.1) is 12.6 Å². The van der Waals surface area contributed by atoms with Crippen molar-refractivity contribution in [3.8, 4) is 6.07 Å². The minimum atomic E-state index is -4.53. The highest BCUT2D eigenvalue weighted by atomic mass is 32.2. The maximum atomic E-state index is 12.6. The van der Waals surface area contributed by atoms with Gasteiger partial charge in [0.2, 0.25) is 0 Å². The third kappa shape index (κ3) is 4.65. The number of alkyl halides is 3. The monoisotopic (exact) mass is 321 g/mol. The molecule has 0 aliphatic carbocycles. The lowest BCUT2D eigenvalue weighted by molar-refractivity contribution is -0.142. The van der Waals surface area contributed by atoms with Crippen LogP contribution in [0.2, 0.25) is 0 Å². The number of carbonyl (C=O) groups is 1. The van der Waals surface area contributed by atoms with Gasteiger partial charge in [0.1, 0.15) is 6.07 Å². The Morgan fingerprint density at radius 1 is 1.50 bits per heavy atom. The molecule has 0 fully saturated rings. The molecule has 0 saturated heterocycles. The van der Waals surface area contributed by atoms with E-state index in [1.165, 1.54) is 12.1 Å². The minimum absolute atomic E-state index is 0.0210. The van der Waals surface area contributed by atoms with Crippen LogP contribution in [-0.2, 0) is 16.0 Å². The first-order valence-corrected chi connectivity index (χ1v) is 6.71. The predicted octanol–water partition coefficient (Wildman–Crippen LogP) is 3.56. The van der Waals surface area contributed by atoms with Gasteiger partial charge in [-0.2, -0.15) is 18.4 Å². The molecule has 1 aromatic carbocycles. The summed E-state index contributed by atoms with van der Waals surface area (Å²) in [7, 11) is 0. The highest BCUT2D eigenvalue weighted by Gasteiger charge is 2.32. The van der Waals surface area contributed by atoms with E-state index in [1.807, 2.05) is 0 Å². The van der Waals surface area contributed by atoms with Gasteiger partial charge in [0.05, 0.1) is 18.6 Å². The fourth-order valence-corrected chi connectivity index (χ4v) is 2.55. The number of rotatable bonds is 4. The van der Waals surface area contributed by atoms with Gasteiger partial charge in [-0.3, -0.25) is 4.79 Å². The Kier molecular flexibility index (Phi) is 5.77. The maximum Gasteiger partial charge on any atom is 0.446 e. The molecule has 20 heavy (non-hydrogen) atoms. The van der Waals surface area contributed by atoms with Gasteiger partial charge in [-0.25, -0.2) is 0 Å². The Bertz CT molecular complexity index is 553. The number of nitriles is 1. The maximum absolute atomic E-state index is 12.6. The fraction of sp³-hybridized carbons (Fsp3) is 0.333. The first-order valence-electron chi connectivity index (χ1n) is 5.44. The Labute approximate surface area is 123 Å². The van der Waals surface area contributed by atoms with E-state index in [9.17, 15) is 18.0 Å². The SMILES string of the molecule is CCOC(=O)Cc1ccc(C#N)c(S)c1SC(F)(F)F. The highest BCUT2D eigenvalue weighted by Crippen LogP contribution is 2.42. The number of ether oxygens (including phenoxy) is 1. The summed E-state index contributed by atoms with van der Waals surface area (Å²) < 4.78 is 42.4. The van der Waals surface area contributed by atoms with Crippen molar-refractivity contribution in [2.75, 3.05) is 6.61 Å². The van der Waals surface area contributed by atoms with E-state index >= 15 is 0 Å². The van der Waals surface area contributed by atoms with Gasteiger partial charge in [0.25, 0.3) is 0 Å². The lowest BCUT2D eigenvalue weighted by atomic mass is 10.1. The second kappa shape index (κ2) is 6.90. The van der Waals surface area contributed by atoms with E-state index < -0.39 is 23.2 Å². The molecule has 0 radical (unpaired) electrons. The van der Waals surface area contributed by atoms with Crippen molar-refractivity contribution in [2.45, 2.75) is 28.6 Å². The zero-order valence-electron chi connectivity index (χ0n) is 10.3. The Balaban J connectivity index is 3.20. The number of esters is 1. The summed E-state index contributed by atoms with van der Waals surface area (Å²) in [6, 6.07) is 4.39. The van der Waals surface area contributed by atoms with Crippen molar-refractivity contribution < 1.29 is 22.7 Å². The first-order chi connectivity index (χ1) is 9.28. The molecule has 0 saturated carbocycles. The third-order valence-corrected chi connectivity index (χ3v) is 3.71. The third-order valence-electron chi connectivity index (χ3n) is 2.19. The van der Waals surface area contributed by atoms with Gasteiger partial charge < -0.3 is 4.74 Å². The first kappa shape index (κ1) is 16.7. The smallest absolute Gasteiger partial charge is 0.446 e. The normalized spacial score (nSPS) is 11.0. The van der Waals surface area contributed by atoms with E-state index in [-0.39, 0.29) is 33.9 Å². The molecule has 0 bridgehead atoms. The molecule has 0 unspecified atom stereocenters. The van der Waals surface area contributed by atoms with Crippen molar-refractivity contribution >= 4 is 30.4 Å². The quantitative estimate of drug-likeness (QED) is 0.523. The van der Waals surface area contributed by atoms with Crippen molar-refractivity contribution in [1.82, 2.24) is 0 Å². The zero-order valence-corrected chi connectivity index (χ0v) is 12.0. The van der Waals surface area contributed by atoms with Gasteiger partial charge in [-0.05, 0) is 30.3 Å². The molecule has 1 rings (SSSR count). The largest absolute Gasteiger partial charge is 0.466 e. The summed E-state index contributed by atoms with van der Waals surface area (Å²) >= 11 is 3.56. The molecule has 0 heterocycles. The van der Waals surface area contributed by atoms with Crippen molar-refractivity contribution in [3.05, 3.63) is 23.3 Å². The van der Waals surface area contributed by atoms with Crippen molar-refractivity contribution in [1.29, 1.82) is 5.26 Å². The highest BCUT2D eigenvalue weighted by molar-refractivity contribution is 8.00. The lowest BCUT2D eigenvalue weighted by Crippen LogP contribution is -2.10. The van der Waals surface area contributed by atoms with Gasteiger partial charge >= 0.3 is 11.5 Å². The number of benzene rings is 1. The number of hydrogen-bond acceptors (Lipinski definition) is 5. The van der Waals surface area contributed by atoms with E-state index in [0.29, 0.717) is 0 Å². The Hall–Kier alpha value is -1.33. The predicted molar refractivity (Wildman–Crippen MR) is 70.7 cm³/mol. The van der Waals surface area contributed by atoms with Gasteiger partial charge in [0.15, 0.2) is 0 Å². The number of hydrogen-bond donors (Lipinski definition) is 1. The average Bonchev–Trinajstić information content (AvgIpc) is 2.33. The van der Waals surface area contributed by atoms with Crippen LogP contribution in [0.3, 0.4) is 0 Å². The standard InChI is InChI=1S/C12H10F3NO2S2/c1-2-18-9(17)5-7-3-4-8(6-16)10(19)11(7)20-12(13,14)15/h3-4,19H,2,5H2,1H3. The van der Waals surface area contributed by atoms with E-state index in [0.717, 1.165) is 0 Å². The van der Waals surface area contributed by atoms with Crippen LogP contribution in [0.5, 0.6) is 0 Å². The van der Waals surface area contributed by atoms with Crippen LogP contribution in [0.25, 0.3) is 0 Å². The molecular formula is C12H10F3NO2S2. The van der Waals surface area contributed by atoms with Gasteiger partial charge in [0, 0.05) is 9.79 Å². The number of thiol groups is 1. The van der Waals surface area contributed by atoms with Crippen LogP contribution in [0, 0.1) is 11.3 Å². The second-order valence-corrected chi connectivity index (χ2v) is 5.11. The molecule has 108 valence electrons. The van der Waals surface area contributed by atoms with E-state index in [4.69, 9.17) is 10.00 Å². The second-order valence-electron chi connectivity index (χ2n) is 3.59. The fourth-order valence-electron chi connectivity index (χ4n) is 1.44. The molecule has 0 aliphatic heterocycles. The number of thioether (sulfide) groups is 1. The minimum Gasteiger partial charge on any atom is -0.466 e. The van der Waals surface area contributed by atoms with Crippen LogP contribution < -0.4 is 0 Å². The summed E-state index contributed by atoms with van der Waals surface area (Å²) in [6.45, 7) is 1.75. The number of halogens is 3. The Morgan fingerprint density at radius 2 is 2.15 bits per heavy atom. The molecule has 1 aromatic rings. The van der Waals surface area contributed by atoms with E-state index in [2.05, 4.69) is 12.6 Å². The lowest BCUT2D eigenvalue weighted by Gasteiger charge is -2.14. The molecule has 0 atom stereocenters. The average molecular weight is 321 g/mol. The molecule has 0 N–H and O–H groups in total.